The van der Waals surface area contributed by atoms with Crippen LogP contribution in [0.25, 0.3) is 0 Å². The smallest absolute Gasteiger partial charge is 0.232 e. The molecule has 132 valence electrons. The Balaban J connectivity index is 1.79. The van der Waals surface area contributed by atoms with Crippen LogP contribution in [0, 0.1) is 13.8 Å². The predicted octanol–water partition coefficient (Wildman–Crippen LogP) is 2.35. The largest absolute Gasteiger partial charge is 0.356 e. The second kappa shape index (κ2) is 7.74. The number of hydrogen-bond donors (Lipinski definition) is 2. The van der Waals surface area contributed by atoms with Crippen molar-refractivity contribution < 1.29 is 4.52 Å². The Hall–Kier alpha value is -1.96. The highest BCUT2D eigenvalue weighted by atomic mass is 32.1. The van der Waals surface area contributed by atoms with Gasteiger partial charge in [0.15, 0.2) is 11.8 Å². The Morgan fingerprint density at radius 3 is 2.50 bits per heavy atom. The SMILES string of the molecule is CN=C(NCCc1nc(C)c(C)s1)NCc1noc(C(C)(C)C)n1. The Labute approximate surface area is 147 Å². The van der Waals surface area contributed by atoms with E-state index in [1.165, 1.54) is 4.88 Å². The van der Waals surface area contributed by atoms with Gasteiger partial charge in [0.2, 0.25) is 5.89 Å². The van der Waals surface area contributed by atoms with Gasteiger partial charge < -0.3 is 15.2 Å². The molecule has 0 radical (unpaired) electrons. The second-order valence-electron chi connectivity index (χ2n) is 6.62. The third-order valence-electron chi connectivity index (χ3n) is 3.45. The number of nitrogens with one attached hydrogen (secondary N) is 2. The molecule has 0 aromatic carbocycles. The number of nitrogens with zero attached hydrogens (tertiary/aromatic N) is 4. The van der Waals surface area contributed by atoms with Crippen molar-refractivity contribution in [1.29, 1.82) is 0 Å². The summed E-state index contributed by atoms with van der Waals surface area (Å²) in [5.41, 5.74) is 0.971. The van der Waals surface area contributed by atoms with Gasteiger partial charge in [-0.2, -0.15) is 4.98 Å². The van der Waals surface area contributed by atoms with Crippen LogP contribution in [-0.4, -0.2) is 34.7 Å². The van der Waals surface area contributed by atoms with Crippen molar-refractivity contribution in [3.8, 4) is 0 Å². The summed E-state index contributed by atoms with van der Waals surface area (Å²) in [4.78, 5) is 14.4. The van der Waals surface area contributed by atoms with Crippen LogP contribution in [0.2, 0.25) is 0 Å². The Morgan fingerprint density at radius 2 is 1.96 bits per heavy atom. The molecule has 0 bridgehead atoms. The minimum atomic E-state index is -0.144. The average Bonchev–Trinajstić information content (AvgIpc) is 3.10. The zero-order valence-corrected chi connectivity index (χ0v) is 16.0. The first kappa shape index (κ1) is 18.4. The van der Waals surface area contributed by atoms with Crippen molar-refractivity contribution in [2.45, 2.75) is 53.0 Å². The zero-order chi connectivity index (χ0) is 17.7. The van der Waals surface area contributed by atoms with E-state index in [4.69, 9.17) is 4.52 Å². The van der Waals surface area contributed by atoms with E-state index in [2.05, 4.69) is 37.7 Å². The molecule has 2 aromatic rings. The first-order valence-electron chi connectivity index (χ1n) is 8.00. The maximum Gasteiger partial charge on any atom is 0.232 e. The topological polar surface area (TPSA) is 88.2 Å². The number of thiazole rings is 1. The Bertz CT molecular complexity index is 678. The maximum absolute atomic E-state index is 5.28. The molecule has 0 spiro atoms. The summed E-state index contributed by atoms with van der Waals surface area (Å²) in [6, 6.07) is 0. The standard InChI is InChI=1S/C16H26N6OS/c1-10-11(2)24-13(20-10)7-8-18-15(17-6)19-9-12-21-14(23-22-12)16(3,4)5/h7-9H2,1-6H3,(H2,17,18,19). The quantitative estimate of drug-likeness (QED) is 0.636. The number of guanidine groups is 1. The molecule has 7 nitrogen and oxygen atoms in total. The summed E-state index contributed by atoms with van der Waals surface area (Å²) in [7, 11) is 1.74. The van der Waals surface area contributed by atoms with Crippen molar-refractivity contribution in [3.63, 3.8) is 0 Å². The lowest BCUT2D eigenvalue weighted by Crippen LogP contribution is -2.38. The molecule has 0 fully saturated rings. The van der Waals surface area contributed by atoms with E-state index in [1.807, 2.05) is 27.7 Å². The van der Waals surface area contributed by atoms with Crippen LogP contribution >= 0.6 is 11.3 Å². The molecule has 0 unspecified atom stereocenters. The minimum Gasteiger partial charge on any atom is -0.356 e. The average molecular weight is 350 g/mol. The van der Waals surface area contributed by atoms with Gasteiger partial charge in [-0.25, -0.2) is 4.98 Å². The van der Waals surface area contributed by atoms with Crippen LogP contribution in [0.3, 0.4) is 0 Å². The van der Waals surface area contributed by atoms with Crippen molar-refractivity contribution in [2.75, 3.05) is 13.6 Å². The molecular weight excluding hydrogens is 324 g/mol. The van der Waals surface area contributed by atoms with E-state index in [1.54, 1.807) is 18.4 Å². The second-order valence-corrected chi connectivity index (χ2v) is 7.91. The molecule has 0 aliphatic rings. The van der Waals surface area contributed by atoms with Crippen LogP contribution in [0.15, 0.2) is 9.52 Å². The molecule has 2 heterocycles. The molecule has 0 saturated carbocycles. The van der Waals surface area contributed by atoms with Crippen LogP contribution in [0.5, 0.6) is 0 Å². The number of hydrogen-bond acceptors (Lipinski definition) is 6. The first-order valence-corrected chi connectivity index (χ1v) is 8.81. The van der Waals surface area contributed by atoms with E-state index >= 15 is 0 Å². The molecule has 2 rings (SSSR count). The zero-order valence-electron chi connectivity index (χ0n) is 15.2. The summed E-state index contributed by atoms with van der Waals surface area (Å²) < 4.78 is 5.28. The molecule has 2 aromatic heterocycles. The van der Waals surface area contributed by atoms with E-state index in [-0.39, 0.29) is 5.41 Å². The van der Waals surface area contributed by atoms with Gasteiger partial charge in [-0.15, -0.1) is 11.3 Å². The Kier molecular flexibility index (Phi) is 5.93. The molecule has 0 aliphatic carbocycles. The molecule has 8 heteroatoms. The summed E-state index contributed by atoms with van der Waals surface area (Å²) in [5, 5.41) is 11.6. The summed E-state index contributed by atoms with van der Waals surface area (Å²) in [6.07, 6.45) is 0.871. The van der Waals surface area contributed by atoms with Gasteiger partial charge >= 0.3 is 0 Å². The lowest BCUT2D eigenvalue weighted by Gasteiger charge is -2.11. The molecule has 0 aliphatic heterocycles. The fourth-order valence-corrected chi connectivity index (χ4v) is 2.88. The highest BCUT2D eigenvalue weighted by molar-refractivity contribution is 7.11. The fourth-order valence-electron chi connectivity index (χ4n) is 1.95. The summed E-state index contributed by atoms with van der Waals surface area (Å²) in [5.74, 6) is 1.97. The van der Waals surface area contributed by atoms with Crippen LogP contribution in [0.4, 0.5) is 0 Å². The predicted molar refractivity (Wildman–Crippen MR) is 96.5 cm³/mol. The molecule has 0 saturated heterocycles. The van der Waals surface area contributed by atoms with Crippen LogP contribution in [0.1, 0.15) is 48.1 Å². The summed E-state index contributed by atoms with van der Waals surface area (Å²) in [6.45, 7) is 11.5. The minimum absolute atomic E-state index is 0.144. The monoisotopic (exact) mass is 350 g/mol. The third kappa shape index (κ3) is 5.02. The van der Waals surface area contributed by atoms with E-state index < -0.39 is 0 Å². The fraction of sp³-hybridized carbons (Fsp3) is 0.625. The summed E-state index contributed by atoms with van der Waals surface area (Å²) >= 11 is 1.75. The van der Waals surface area contributed by atoms with Gasteiger partial charge in [-0.3, -0.25) is 4.99 Å². The number of aromatic nitrogens is 3. The molecular formula is C16H26N6OS. The van der Waals surface area contributed by atoms with Crippen LogP contribution in [-0.2, 0) is 18.4 Å². The molecule has 0 amide bonds. The number of rotatable bonds is 5. The van der Waals surface area contributed by atoms with E-state index in [0.717, 1.165) is 23.7 Å². The third-order valence-corrected chi connectivity index (χ3v) is 4.58. The van der Waals surface area contributed by atoms with Gasteiger partial charge in [-0.1, -0.05) is 25.9 Å². The maximum atomic E-state index is 5.28. The van der Waals surface area contributed by atoms with Gasteiger partial charge in [0.1, 0.15) is 0 Å². The lowest BCUT2D eigenvalue weighted by atomic mass is 9.97. The normalized spacial score (nSPS) is 12.5. The van der Waals surface area contributed by atoms with Crippen molar-refractivity contribution in [1.82, 2.24) is 25.8 Å². The highest BCUT2D eigenvalue weighted by Gasteiger charge is 2.21. The van der Waals surface area contributed by atoms with Gasteiger partial charge in [0.25, 0.3) is 0 Å². The Morgan fingerprint density at radius 1 is 1.21 bits per heavy atom. The van der Waals surface area contributed by atoms with E-state index in [9.17, 15) is 0 Å². The van der Waals surface area contributed by atoms with E-state index in [0.29, 0.717) is 24.2 Å². The van der Waals surface area contributed by atoms with Gasteiger partial charge in [0, 0.05) is 30.3 Å². The number of aryl methyl sites for hydroxylation is 2. The van der Waals surface area contributed by atoms with Crippen molar-refractivity contribution >= 4 is 17.3 Å². The number of aliphatic imine (C=N–C) groups is 1. The van der Waals surface area contributed by atoms with Gasteiger partial charge in [0.05, 0.1) is 17.2 Å². The lowest BCUT2D eigenvalue weighted by molar-refractivity contribution is 0.318. The van der Waals surface area contributed by atoms with Crippen molar-refractivity contribution in [3.05, 3.63) is 27.3 Å². The van der Waals surface area contributed by atoms with Gasteiger partial charge in [-0.05, 0) is 13.8 Å². The molecule has 24 heavy (non-hydrogen) atoms. The van der Waals surface area contributed by atoms with Crippen molar-refractivity contribution in [2.24, 2.45) is 4.99 Å². The molecule has 2 N–H and O–H groups in total. The molecule has 0 atom stereocenters. The highest BCUT2D eigenvalue weighted by Crippen LogP contribution is 2.19. The first-order chi connectivity index (χ1) is 11.3. The van der Waals surface area contributed by atoms with Crippen LogP contribution < -0.4 is 10.6 Å².